The van der Waals surface area contributed by atoms with Crippen LogP contribution in [0.5, 0.6) is 0 Å². The molecule has 0 aromatic heterocycles. The van der Waals surface area contributed by atoms with E-state index in [0.29, 0.717) is 18.5 Å². The quantitative estimate of drug-likeness (QED) is 0.768. The number of carbonyl (C=O) groups is 1. The van der Waals surface area contributed by atoms with Crippen LogP contribution in [0.25, 0.3) is 0 Å². The van der Waals surface area contributed by atoms with Gasteiger partial charge >= 0.3 is 0 Å². The predicted octanol–water partition coefficient (Wildman–Crippen LogP) is 1.53. The minimum atomic E-state index is -0.269. The van der Waals surface area contributed by atoms with Gasteiger partial charge in [0.05, 0.1) is 12.1 Å². The first-order valence-corrected chi connectivity index (χ1v) is 7.76. The van der Waals surface area contributed by atoms with Crippen molar-refractivity contribution in [2.45, 2.75) is 70.1 Å². The number of hydrogen-bond acceptors (Lipinski definition) is 3. The van der Waals surface area contributed by atoms with Gasteiger partial charge in [-0.2, -0.15) is 0 Å². The van der Waals surface area contributed by atoms with Gasteiger partial charge in [-0.3, -0.25) is 9.69 Å². The van der Waals surface area contributed by atoms with Gasteiger partial charge in [-0.25, -0.2) is 0 Å². The molecule has 110 valence electrons. The SMILES string of the molecule is CC(C(=O)NC1CCCCC1)N(C)CC(O)C1CC1. The van der Waals surface area contributed by atoms with Crippen LogP contribution < -0.4 is 5.32 Å². The van der Waals surface area contributed by atoms with Gasteiger partial charge in [0, 0.05) is 12.6 Å². The number of aliphatic hydroxyl groups is 1. The van der Waals surface area contributed by atoms with Crippen LogP contribution >= 0.6 is 0 Å². The van der Waals surface area contributed by atoms with Gasteiger partial charge < -0.3 is 10.4 Å². The Labute approximate surface area is 116 Å². The molecule has 4 nitrogen and oxygen atoms in total. The monoisotopic (exact) mass is 268 g/mol. The molecule has 2 fully saturated rings. The van der Waals surface area contributed by atoms with Gasteiger partial charge in [0.15, 0.2) is 0 Å². The summed E-state index contributed by atoms with van der Waals surface area (Å²) < 4.78 is 0. The summed E-state index contributed by atoms with van der Waals surface area (Å²) >= 11 is 0. The molecule has 0 radical (unpaired) electrons. The molecule has 4 heteroatoms. The van der Waals surface area contributed by atoms with Gasteiger partial charge in [-0.1, -0.05) is 19.3 Å². The number of nitrogens with one attached hydrogen (secondary N) is 1. The summed E-state index contributed by atoms with van der Waals surface area (Å²) in [5, 5.41) is 13.1. The molecular formula is C15H28N2O2. The molecule has 0 heterocycles. The second kappa shape index (κ2) is 6.71. The third-order valence-electron chi connectivity index (χ3n) is 4.63. The van der Waals surface area contributed by atoms with Crippen molar-refractivity contribution >= 4 is 5.91 Å². The number of hydrogen-bond donors (Lipinski definition) is 2. The van der Waals surface area contributed by atoms with Crippen LogP contribution in [0.15, 0.2) is 0 Å². The minimum absolute atomic E-state index is 0.109. The Balaban J connectivity index is 1.73. The number of nitrogens with zero attached hydrogens (tertiary/aromatic N) is 1. The summed E-state index contributed by atoms with van der Waals surface area (Å²) in [4.78, 5) is 14.2. The van der Waals surface area contributed by atoms with Gasteiger partial charge in [0.2, 0.25) is 5.91 Å². The van der Waals surface area contributed by atoms with E-state index in [0.717, 1.165) is 25.7 Å². The highest BCUT2D eigenvalue weighted by atomic mass is 16.3. The van der Waals surface area contributed by atoms with Crippen LogP contribution in [0.2, 0.25) is 0 Å². The Morgan fingerprint density at radius 1 is 1.26 bits per heavy atom. The highest BCUT2D eigenvalue weighted by molar-refractivity contribution is 5.81. The fourth-order valence-corrected chi connectivity index (χ4v) is 2.85. The van der Waals surface area contributed by atoms with Crippen molar-refractivity contribution in [2.24, 2.45) is 5.92 Å². The number of rotatable bonds is 6. The standard InChI is InChI=1S/C15H28N2O2/c1-11(17(2)10-14(18)12-8-9-12)15(19)16-13-6-4-3-5-7-13/h11-14,18H,3-10H2,1-2H3,(H,16,19). The summed E-state index contributed by atoms with van der Waals surface area (Å²) in [6.45, 7) is 2.53. The number of amides is 1. The van der Waals surface area contributed by atoms with E-state index in [-0.39, 0.29) is 18.1 Å². The zero-order valence-electron chi connectivity index (χ0n) is 12.3. The molecule has 2 unspecified atom stereocenters. The molecule has 0 aliphatic heterocycles. The first kappa shape index (κ1) is 14.8. The summed E-state index contributed by atoms with van der Waals surface area (Å²) in [5.41, 5.74) is 0. The lowest BCUT2D eigenvalue weighted by Crippen LogP contribution is -2.49. The lowest BCUT2D eigenvalue weighted by Gasteiger charge is -2.29. The van der Waals surface area contributed by atoms with E-state index in [4.69, 9.17) is 0 Å². The molecule has 19 heavy (non-hydrogen) atoms. The molecule has 0 aromatic carbocycles. The fraction of sp³-hybridized carbons (Fsp3) is 0.933. The predicted molar refractivity (Wildman–Crippen MR) is 75.8 cm³/mol. The van der Waals surface area contributed by atoms with E-state index in [1.54, 1.807) is 0 Å². The first-order valence-electron chi connectivity index (χ1n) is 7.76. The van der Waals surface area contributed by atoms with Crippen molar-refractivity contribution in [3.8, 4) is 0 Å². The van der Waals surface area contributed by atoms with Crippen molar-refractivity contribution < 1.29 is 9.90 Å². The van der Waals surface area contributed by atoms with Crippen molar-refractivity contribution in [1.82, 2.24) is 10.2 Å². The van der Waals surface area contributed by atoms with E-state index in [1.165, 1.54) is 19.3 Å². The molecule has 0 bridgehead atoms. The summed E-state index contributed by atoms with van der Waals surface area (Å²) in [5.74, 6) is 0.577. The number of aliphatic hydroxyl groups excluding tert-OH is 1. The highest BCUT2D eigenvalue weighted by Crippen LogP contribution is 2.32. The molecule has 2 aliphatic rings. The fourth-order valence-electron chi connectivity index (χ4n) is 2.85. The maximum Gasteiger partial charge on any atom is 0.237 e. The zero-order valence-corrected chi connectivity index (χ0v) is 12.3. The lowest BCUT2D eigenvalue weighted by molar-refractivity contribution is -0.126. The van der Waals surface area contributed by atoms with E-state index in [2.05, 4.69) is 5.32 Å². The average molecular weight is 268 g/mol. The van der Waals surface area contributed by atoms with Crippen LogP contribution in [0.3, 0.4) is 0 Å². The Bertz CT molecular complexity index is 299. The summed E-state index contributed by atoms with van der Waals surface area (Å²) in [6, 6.07) is 0.209. The van der Waals surface area contributed by atoms with Crippen molar-refractivity contribution in [2.75, 3.05) is 13.6 Å². The van der Waals surface area contributed by atoms with Crippen LogP contribution in [0.1, 0.15) is 51.9 Å². The maximum absolute atomic E-state index is 12.2. The zero-order chi connectivity index (χ0) is 13.8. The first-order chi connectivity index (χ1) is 9.08. The molecule has 2 rings (SSSR count). The molecule has 2 atom stereocenters. The van der Waals surface area contributed by atoms with Crippen molar-refractivity contribution in [1.29, 1.82) is 0 Å². The molecule has 1 amide bonds. The number of carbonyl (C=O) groups excluding carboxylic acids is 1. The summed E-state index contributed by atoms with van der Waals surface area (Å²) in [6.07, 6.45) is 8.00. The Kier molecular flexibility index (Phi) is 5.22. The molecular weight excluding hydrogens is 240 g/mol. The third kappa shape index (κ3) is 4.46. The van der Waals surface area contributed by atoms with E-state index in [9.17, 15) is 9.90 Å². The van der Waals surface area contributed by atoms with E-state index >= 15 is 0 Å². The van der Waals surface area contributed by atoms with Gasteiger partial charge in [0.25, 0.3) is 0 Å². The molecule has 0 aromatic rings. The molecule has 2 saturated carbocycles. The highest BCUT2D eigenvalue weighted by Gasteiger charge is 2.32. The van der Waals surface area contributed by atoms with E-state index in [1.807, 2.05) is 18.9 Å². The maximum atomic E-state index is 12.2. The Hall–Kier alpha value is -0.610. The minimum Gasteiger partial charge on any atom is -0.392 e. The Morgan fingerprint density at radius 2 is 1.89 bits per heavy atom. The third-order valence-corrected chi connectivity index (χ3v) is 4.63. The van der Waals surface area contributed by atoms with Crippen LogP contribution in [0, 0.1) is 5.92 Å². The van der Waals surface area contributed by atoms with Gasteiger partial charge in [-0.15, -0.1) is 0 Å². The molecule has 2 aliphatic carbocycles. The largest absolute Gasteiger partial charge is 0.392 e. The average Bonchev–Trinajstić information content (AvgIpc) is 3.23. The van der Waals surface area contributed by atoms with E-state index < -0.39 is 0 Å². The van der Waals surface area contributed by atoms with Crippen LogP contribution in [-0.4, -0.2) is 47.7 Å². The second-order valence-corrected chi connectivity index (χ2v) is 6.36. The lowest BCUT2D eigenvalue weighted by atomic mass is 9.95. The van der Waals surface area contributed by atoms with Gasteiger partial charge in [0.1, 0.15) is 0 Å². The normalized spacial score (nSPS) is 24.2. The molecule has 2 N–H and O–H groups in total. The number of likely N-dealkylation sites (N-methyl/N-ethyl adjacent to an activating group) is 1. The van der Waals surface area contributed by atoms with Gasteiger partial charge in [-0.05, 0) is 45.6 Å². The Morgan fingerprint density at radius 3 is 2.47 bits per heavy atom. The molecule has 0 saturated heterocycles. The molecule has 0 spiro atoms. The van der Waals surface area contributed by atoms with Crippen molar-refractivity contribution in [3.05, 3.63) is 0 Å². The smallest absolute Gasteiger partial charge is 0.237 e. The second-order valence-electron chi connectivity index (χ2n) is 6.36. The topological polar surface area (TPSA) is 52.6 Å². The van der Waals surface area contributed by atoms with Crippen molar-refractivity contribution in [3.63, 3.8) is 0 Å². The van der Waals surface area contributed by atoms with Crippen LogP contribution in [-0.2, 0) is 4.79 Å². The summed E-state index contributed by atoms with van der Waals surface area (Å²) in [7, 11) is 1.93. The van der Waals surface area contributed by atoms with Crippen LogP contribution in [0.4, 0.5) is 0 Å².